The van der Waals surface area contributed by atoms with Crippen LogP contribution < -0.4 is 4.90 Å². The lowest BCUT2D eigenvalue weighted by molar-refractivity contribution is -0.444. The van der Waals surface area contributed by atoms with E-state index in [9.17, 15) is 14.4 Å². The standard InChI is InChI=1S/C25H25NO4.C22H34NO4/c1-4-29-23(28)12-15-5-8-20-19(11-15)25(2,3)24-18-13-16-6-7-17(27)14-22(16)30-21(18)9-10-26(20)24;1-7-25-20(24)15-17-10-11-19-18(14-17)22(5,6)16(4)23(19)13-12-21(26-8-2)27-9-3/h5-8,11,13-14,21H,4,9-10,12H2,1-3H3;10-11,14,21H,7-9,12-13,15H2,1-6H3/q;+1. The van der Waals surface area contributed by atoms with E-state index in [1.54, 1.807) is 12.2 Å². The van der Waals surface area contributed by atoms with Crippen LogP contribution in [-0.2, 0) is 61.7 Å². The Morgan fingerprint density at radius 3 is 2.11 bits per heavy atom. The molecular weight excluding hydrogens is 721 g/mol. The number of hydrogen-bond donors (Lipinski definition) is 0. The van der Waals surface area contributed by atoms with Crippen molar-refractivity contribution in [3.8, 4) is 0 Å². The molecule has 1 unspecified atom stereocenters. The van der Waals surface area contributed by atoms with Crippen LogP contribution >= 0.6 is 0 Å². The van der Waals surface area contributed by atoms with Gasteiger partial charge in [0, 0.05) is 78.8 Å². The number of benzene rings is 2. The van der Waals surface area contributed by atoms with Crippen LogP contribution in [0.4, 0.5) is 11.4 Å². The fourth-order valence-electron chi connectivity index (χ4n) is 8.67. The molecule has 7 rings (SSSR count). The lowest BCUT2D eigenvalue weighted by Gasteiger charge is -2.40. The van der Waals surface area contributed by atoms with Crippen LogP contribution in [-0.4, -0.2) is 79.9 Å². The molecule has 4 heterocycles. The van der Waals surface area contributed by atoms with Gasteiger partial charge in [-0.3, -0.25) is 14.4 Å². The second-order valence-electron chi connectivity index (χ2n) is 16.0. The van der Waals surface area contributed by atoms with E-state index < -0.39 is 0 Å². The maximum atomic E-state index is 12.0. The summed E-state index contributed by atoms with van der Waals surface area (Å²) >= 11 is 0. The highest BCUT2D eigenvalue weighted by atomic mass is 16.7. The summed E-state index contributed by atoms with van der Waals surface area (Å²) in [6.07, 6.45) is 9.22. The van der Waals surface area contributed by atoms with E-state index in [1.807, 2.05) is 45.9 Å². The number of allylic oxidation sites excluding steroid dienone is 4. The average molecular weight is 780 g/mol. The number of rotatable bonds is 13. The summed E-state index contributed by atoms with van der Waals surface area (Å²) in [5.41, 5.74) is 11.2. The van der Waals surface area contributed by atoms with Crippen molar-refractivity contribution in [1.29, 1.82) is 0 Å². The Bertz CT molecular complexity index is 2060. The normalized spacial score (nSPS) is 19.4. The minimum absolute atomic E-state index is 0.0292. The van der Waals surface area contributed by atoms with Crippen molar-refractivity contribution >= 4 is 34.8 Å². The monoisotopic (exact) mass is 779 g/mol. The molecule has 57 heavy (non-hydrogen) atoms. The van der Waals surface area contributed by atoms with E-state index in [0.29, 0.717) is 38.6 Å². The average Bonchev–Trinajstić information content (AvgIpc) is 3.51. The summed E-state index contributed by atoms with van der Waals surface area (Å²) in [5, 5.41) is 0. The Balaban J connectivity index is 0.000000194. The molecule has 1 atom stereocenters. The highest BCUT2D eigenvalue weighted by Crippen LogP contribution is 2.53. The molecule has 0 fully saturated rings. The topological polar surface area (TPSA) is 104 Å². The van der Waals surface area contributed by atoms with Crippen molar-refractivity contribution in [2.24, 2.45) is 0 Å². The van der Waals surface area contributed by atoms with Crippen LogP contribution in [0, 0.1) is 0 Å². The number of carbonyl (C=O) groups excluding carboxylic acids is 3. The Morgan fingerprint density at radius 1 is 0.842 bits per heavy atom. The molecule has 5 aliphatic rings. The van der Waals surface area contributed by atoms with Gasteiger partial charge >= 0.3 is 11.9 Å². The number of fused-ring (bicyclic) bond motifs is 6. The lowest BCUT2D eigenvalue weighted by atomic mass is 9.78. The Hall–Kier alpha value is -4.80. The molecule has 0 amide bonds. The summed E-state index contributed by atoms with van der Waals surface area (Å²) < 4.78 is 30.2. The summed E-state index contributed by atoms with van der Waals surface area (Å²) in [4.78, 5) is 37.9. The van der Waals surface area contributed by atoms with Gasteiger partial charge in [-0.1, -0.05) is 32.0 Å². The predicted octanol–water partition coefficient (Wildman–Crippen LogP) is 7.87. The van der Waals surface area contributed by atoms with Crippen LogP contribution in [0.15, 0.2) is 83.3 Å². The van der Waals surface area contributed by atoms with E-state index >= 15 is 0 Å². The van der Waals surface area contributed by atoms with Crippen LogP contribution in [0.25, 0.3) is 0 Å². The third-order valence-corrected chi connectivity index (χ3v) is 11.6. The van der Waals surface area contributed by atoms with Gasteiger partial charge in [0.05, 0.1) is 37.9 Å². The van der Waals surface area contributed by atoms with E-state index in [0.717, 1.165) is 42.6 Å². The number of esters is 2. The molecule has 0 spiro atoms. The number of anilines is 1. The van der Waals surface area contributed by atoms with Crippen LogP contribution in [0.5, 0.6) is 0 Å². The Kier molecular flexibility index (Phi) is 12.7. The van der Waals surface area contributed by atoms with Gasteiger partial charge in [-0.2, -0.15) is 4.58 Å². The summed E-state index contributed by atoms with van der Waals surface area (Å²) in [6, 6.07) is 12.6. The zero-order valence-electron chi connectivity index (χ0n) is 35.2. The SMILES string of the molecule is CCOC(=O)Cc1ccc2c(c1)C(C)(C)C(C)=[N+]2CCC(OCC)OCC.CCOC(=O)Cc1ccc2c(c1)C(C)(C)C1=C3C=C4C=CC(=O)C=C4OC3CCN12. The van der Waals surface area contributed by atoms with Crippen molar-refractivity contribution in [3.63, 3.8) is 0 Å². The molecule has 0 saturated carbocycles. The van der Waals surface area contributed by atoms with Gasteiger partial charge in [-0.15, -0.1) is 0 Å². The predicted molar refractivity (Wildman–Crippen MR) is 221 cm³/mol. The number of nitrogens with zero attached hydrogens (tertiary/aromatic N) is 2. The zero-order chi connectivity index (χ0) is 41.1. The first-order valence-corrected chi connectivity index (χ1v) is 20.5. The van der Waals surface area contributed by atoms with Gasteiger partial charge < -0.3 is 28.6 Å². The summed E-state index contributed by atoms with van der Waals surface area (Å²) in [7, 11) is 0. The molecule has 0 N–H and O–H groups in total. The molecule has 4 aliphatic heterocycles. The van der Waals surface area contributed by atoms with Gasteiger partial charge in [0.25, 0.3) is 0 Å². The molecular formula is C47H59N2O8+. The number of ether oxygens (including phenoxy) is 5. The molecule has 2 aromatic carbocycles. The van der Waals surface area contributed by atoms with Crippen molar-refractivity contribution in [2.75, 3.05) is 44.4 Å². The minimum atomic E-state index is -0.218. The van der Waals surface area contributed by atoms with E-state index in [1.165, 1.54) is 39.5 Å². The minimum Gasteiger partial charge on any atom is -0.485 e. The smallest absolute Gasteiger partial charge is 0.310 e. The van der Waals surface area contributed by atoms with Crippen LogP contribution in [0.3, 0.4) is 0 Å². The van der Waals surface area contributed by atoms with E-state index in [-0.39, 0.29) is 47.4 Å². The Labute approximate surface area is 337 Å². The van der Waals surface area contributed by atoms with Crippen LogP contribution in [0.2, 0.25) is 0 Å². The van der Waals surface area contributed by atoms with Crippen molar-refractivity contribution in [2.45, 2.75) is 111 Å². The zero-order valence-corrected chi connectivity index (χ0v) is 35.2. The van der Waals surface area contributed by atoms with Gasteiger partial charge in [-0.05, 0) is 88.6 Å². The highest BCUT2D eigenvalue weighted by molar-refractivity contribution is 6.02. The highest BCUT2D eigenvalue weighted by Gasteiger charge is 2.47. The quantitative estimate of drug-likeness (QED) is 0.114. The summed E-state index contributed by atoms with van der Waals surface area (Å²) in [6.45, 7) is 22.5. The molecule has 0 bridgehead atoms. The van der Waals surface area contributed by atoms with Crippen molar-refractivity contribution < 1.29 is 42.6 Å². The molecule has 1 aliphatic carbocycles. The molecule has 0 aromatic heterocycles. The fraction of sp³-hybridized carbons (Fsp3) is 0.489. The largest absolute Gasteiger partial charge is 0.485 e. The van der Waals surface area contributed by atoms with E-state index in [2.05, 4.69) is 74.4 Å². The molecule has 304 valence electrons. The second kappa shape index (κ2) is 17.4. The fourth-order valence-corrected chi connectivity index (χ4v) is 8.67. The first kappa shape index (κ1) is 41.8. The van der Waals surface area contributed by atoms with Gasteiger partial charge in [-0.25, -0.2) is 0 Å². The third kappa shape index (κ3) is 8.58. The van der Waals surface area contributed by atoms with E-state index in [4.69, 9.17) is 23.7 Å². The maximum Gasteiger partial charge on any atom is 0.310 e. The van der Waals surface area contributed by atoms with Gasteiger partial charge in [0.15, 0.2) is 24.3 Å². The molecule has 2 aromatic rings. The summed E-state index contributed by atoms with van der Waals surface area (Å²) in [5.74, 6) is 0.271. The van der Waals surface area contributed by atoms with Gasteiger partial charge in [0.2, 0.25) is 5.69 Å². The first-order chi connectivity index (χ1) is 27.2. The lowest BCUT2D eigenvalue weighted by Crippen LogP contribution is -2.39. The molecule has 10 nitrogen and oxygen atoms in total. The van der Waals surface area contributed by atoms with Crippen molar-refractivity contribution in [1.82, 2.24) is 0 Å². The number of ketones is 1. The number of hydrogen-bond acceptors (Lipinski definition) is 9. The number of carbonyl (C=O) groups is 3. The van der Waals surface area contributed by atoms with Crippen LogP contribution in [0.1, 0.15) is 97.4 Å². The maximum absolute atomic E-state index is 12.0. The van der Waals surface area contributed by atoms with Gasteiger partial charge in [0.1, 0.15) is 11.9 Å². The third-order valence-electron chi connectivity index (χ3n) is 11.6. The molecule has 0 saturated heterocycles. The first-order valence-electron chi connectivity index (χ1n) is 20.5. The molecule has 10 heteroatoms. The van der Waals surface area contributed by atoms with Crippen molar-refractivity contribution in [3.05, 3.63) is 106 Å². The molecule has 0 radical (unpaired) electrons. The second-order valence-corrected chi connectivity index (χ2v) is 16.0. The Morgan fingerprint density at radius 2 is 1.47 bits per heavy atom.